The molecule has 0 amide bonds. The standard InChI is InChI=1S/C30H36F6N3O.ClH/c1-2-38(17-20-6-3-4-7-20)27-15-23-9-5-8-22(23)14-24(27)19-39(10-11-40-28(39)37)18-21-12-25(29(31,32)33)16-26(13-21)30(34,35)36;/h10-16,20,28H,2-9,17-19,37H2,1H3;1H/q+1;. The number of alkyl halides is 6. The minimum absolute atomic E-state index is 0. The van der Waals surface area contributed by atoms with Crippen molar-refractivity contribution in [2.75, 3.05) is 18.0 Å². The van der Waals surface area contributed by atoms with Crippen molar-refractivity contribution < 1.29 is 35.6 Å². The lowest BCUT2D eigenvalue weighted by Gasteiger charge is -2.37. The van der Waals surface area contributed by atoms with E-state index in [1.165, 1.54) is 43.1 Å². The Bertz CT molecular complexity index is 1230. The van der Waals surface area contributed by atoms with Crippen LogP contribution < -0.4 is 10.6 Å². The van der Waals surface area contributed by atoms with Gasteiger partial charge >= 0.3 is 12.4 Å². The maximum absolute atomic E-state index is 13.6. The average molecular weight is 605 g/mol. The van der Waals surface area contributed by atoms with Gasteiger partial charge in [-0.05, 0) is 86.4 Å². The number of hydrogen-bond acceptors (Lipinski definition) is 3. The molecule has 1 fully saturated rings. The van der Waals surface area contributed by atoms with Crippen LogP contribution in [0.3, 0.4) is 0 Å². The van der Waals surface area contributed by atoms with Crippen molar-refractivity contribution in [1.29, 1.82) is 0 Å². The Kier molecular flexibility index (Phi) is 9.26. The molecule has 1 aliphatic heterocycles. The summed E-state index contributed by atoms with van der Waals surface area (Å²) in [6.45, 7) is 3.92. The normalized spacial score (nSPS) is 22.5. The number of aryl methyl sites for hydroxylation is 2. The summed E-state index contributed by atoms with van der Waals surface area (Å²) in [5.74, 6) is 0.604. The molecule has 0 bridgehead atoms. The van der Waals surface area contributed by atoms with Gasteiger partial charge in [-0.2, -0.15) is 26.3 Å². The van der Waals surface area contributed by atoms with Gasteiger partial charge < -0.3 is 9.64 Å². The van der Waals surface area contributed by atoms with Crippen LogP contribution >= 0.6 is 12.4 Å². The molecule has 0 saturated heterocycles. The van der Waals surface area contributed by atoms with Gasteiger partial charge in [0.25, 0.3) is 6.35 Å². The van der Waals surface area contributed by atoms with Crippen LogP contribution in [0.15, 0.2) is 42.8 Å². The molecule has 2 unspecified atom stereocenters. The summed E-state index contributed by atoms with van der Waals surface area (Å²) >= 11 is 0. The van der Waals surface area contributed by atoms with Crippen LogP contribution in [0.1, 0.15) is 72.4 Å². The number of fused-ring (bicyclic) bond motifs is 1. The molecule has 4 nitrogen and oxygen atoms in total. The van der Waals surface area contributed by atoms with Crippen LogP contribution in [0.2, 0.25) is 0 Å². The van der Waals surface area contributed by atoms with Gasteiger partial charge in [0.2, 0.25) is 0 Å². The molecule has 41 heavy (non-hydrogen) atoms. The zero-order chi connectivity index (χ0) is 28.7. The summed E-state index contributed by atoms with van der Waals surface area (Å²) in [6.07, 6.45) is 0.0637. The Morgan fingerprint density at radius 1 is 0.878 bits per heavy atom. The lowest BCUT2D eigenvalue weighted by molar-refractivity contribution is -0.940. The predicted octanol–water partition coefficient (Wildman–Crippen LogP) is 7.91. The molecule has 2 aromatic rings. The third kappa shape index (κ3) is 6.81. The van der Waals surface area contributed by atoms with E-state index in [0.717, 1.165) is 55.7 Å². The summed E-state index contributed by atoms with van der Waals surface area (Å²) in [5.41, 5.74) is 8.22. The molecule has 11 heteroatoms. The molecule has 3 aliphatic rings. The number of hydrogen-bond donors (Lipinski definition) is 1. The molecule has 1 saturated carbocycles. The number of ether oxygens (including phenoxy) is 1. The van der Waals surface area contributed by atoms with Crippen LogP contribution in [-0.2, 0) is 43.0 Å². The third-order valence-corrected chi connectivity index (χ3v) is 8.64. The molecule has 0 spiro atoms. The van der Waals surface area contributed by atoms with Crippen molar-refractivity contribution in [3.8, 4) is 0 Å². The first-order valence-corrected chi connectivity index (χ1v) is 14.0. The number of benzene rings is 2. The average Bonchev–Trinajstić information content (AvgIpc) is 3.63. The maximum Gasteiger partial charge on any atom is 0.416 e. The molecule has 2 atom stereocenters. The molecular formula is C30H37ClF6N3O+. The lowest BCUT2D eigenvalue weighted by atomic mass is 9.99. The van der Waals surface area contributed by atoms with Crippen molar-refractivity contribution in [1.82, 2.24) is 0 Å². The Morgan fingerprint density at radius 2 is 1.49 bits per heavy atom. The zero-order valence-corrected chi connectivity index (χ0v) is 23.8. The number of nitrogens with zero attached hydrogens (tertiary/aromatic N) is 2. The van der Waals surface area contributed by atoms with E-state index < -0.39 is 29.8 Å². The summed E-state index contributed by atoms with van der Waals surface area (Å²) < 4.78 is 87.0. The third-order valence-electron chi connectivity index (χ3n) is 8.64. The van der Waals surface area contributed by atoms with Crippen molar-refractivity contribution in [3.05, 3.63) is 76.2 Å². The van der Waals surface area contributed by atoms with E-state index in [-0.39, 0.29) is 41.6 Å². The minimum atomic E-state index is -4.92. The minimum Gasteiger partial charge on any atom is -0.431 e. The highest BCUT2D eigenvalue weighted by molar-refractivity contribution is 5.85. The van der Waals surface area contributed by atoms with Gasteiger partial charge in [0.05, 0.1) is 11.1 Å². The fourth-order valence-electron chi connectivity index (χ4n) is 6.54. The smallest absolute Gasteiger partial charge is 0.416 e. The van der Waals surface area contributed by atoms with E-state index in [9.17, 15) is 26.3 Å². The predicted molar refractivity (Wildman–Crippen MR) is 148 cm³/mol. The fourth-order valence-corrected chi connectivity index (χ4v) is 6.54. The van der Waals surface area contributed by atoms with Gasteiger partial charge in [-0.1, -0.05) is 12.8 Å². The highest BCUT2D eigenvalue weighted by atomic mass is 35.5. The molecule has 2 aromatic carbocycles. The van der Waals surface area contributed by atoms with E-state index in [4.69, 9.17) is 10.5 Å². The first-order chi connectivity index (χ1) is 18.9. The summed E-state index contributed by atoms with van der Waals surface area (Å²) in [7, 11) is 0. The Balaban J connectivity index is 0.00000387. The van der Waals surface area contributed by atoms with E-state index in [0.29, 0.717) is 5.92 Å². The van der Waals surface area contributed by atoms with Gasteiger partial charge in [-0.15, -0.1) is 12.4 Å². The Labute approximate surface area is 243 Å². The summed E-state index contributed by atoms with van der Waals surface area (Å²) in [6, 6.07) is 6.14. The quantitative estimate of drug-likeness (QED) is 0.246. The van der Waals surface area contributed by atoms with Gasteiger partial charge in [0.1, 0.15) is 25.6 Å². The molecule has 0 aromatic heterocycles. The zero-order valence-electron chi connectivity index (χ0n) is 23.0. The molecule has 0 radical (unpaired) electrons. The molecule has 2 aliphatic carbocycles. The maximum atomic E-state index is 13.6. The highest BCUT2D eigenvalue weighted by Crippen LogP contribution is 2.40. The molecule has 1 heterocycles. The second-order valence-corrected chi connectivity index (χ2v) is 11.4. The van der Waals surface area contributed by atoms with Gasteiger partial charge in [-0.25, -0.2) is 10.2 Å². The second kappa shape index (κ2) is 12.1. The lowest BCUT2D eigenvalue weighted by Crippen LogP contribution is -2.52. The highest BCUT2D eigenvalue weighted by Gasteiger charge is 2.42. The Hall–Kier alpha value is -2.43. The van der Waals surface area contributed by atoms with Gasteiger partial charge in [0, 0.05) is 29.9 Å². The molecule has 226 valence electrons. The topological polar surface area (TPSA) is 38.5 Å². The van der Waals surface area contributed by atoms with Crippen LogP contribution in [0.4, 0.5) is 32.0 Å². The first-order valence-electron chi connectivity index (χ1n) is 14.0. The molecule has 2 N–H and O–H groups in total. The monoisotopic (exact) mass is 604 g/mol. The van der Waals surface area contributed by atoms with Crippen LogP contribution in [0.25, 0.3) is 0 Å². The van der Waals surface area contributed by atoms with E-state index in [1.54, 1.807) is 6.20 Å². The van der Waals surface area contributed by atoms with Crippen molar-refractivity contribution >= 4 is 18.1 Å². The van der Waals surface area contributed by atoms with Crippen LogP contribution in [-0.4, -0.2) is 23.9 Å². The number of quaternary nitrogens is 1. The second-order valence-electron chi connectivity index (χ2n) is 11.4. The van der Waals surface area contributed by atoms with Gasteiger partial charge in [0.15, 0.2) is 0 Å². The number of anilines is 1. The van der Waals surface area contributed by atoms with Crippen molar-refractivity contribution in [3.63, 3.8) is 0 Å². The largest absolute Gasteiger partial charge is 0.431 e. The van der Waals surface area contributed by atoms with Crippen molar-refractivity contribution in [2.45, 2.75) is 83.7 Å². The summed E-state index contributed by atoms with van der Waals surface area (Å²) in [4.78, 5) is 2.37. The SMILES string of the molecule is CCN(CC1CCCC1)c1cc2c(cc1C[N+]1(Cc3cc(C(F)(F)F)cc(C(F)(F)F)c3)C=COC1N)CCC2.Cl. The van der Waals surface area contributed by atoms with Gasteiger partial charge in [-0.3, -0.25) is 0 Å². The number of halogens is 7. The van der Waals surface area contributed by atoms with Crippen LogP contribution in [0, 0.1) is 5.92 Å². The molecule has 5 rings (SSSR count). The Morgan fingerprint density at radius 3 is 2.02 bits per heavy atom. The van der Waals surface area contributed by atoms with E-state index in [2.05, 4.69) is 24.0 Å². The number of nitrogens with two attached hydrogens (primary N) is 1. The number of rotatable bonds is 8. The molecular weight excluding hydrogens is 568 g/mol. The van der Waals surface area contributed by atoms with Crippen LogP contribution in [0.5, 0.6) is 0 Å². The van der Waals surface area contributed by atoms with Crippen molar-refractivity contribution in [2.24, 2.45) is 11.7 Å². The van der Waals surface area contributed by atoms with E-state index >= 15 is 0 Å². The summed E-state index contributed by atoms with van der Waals surface area (Å²) in [5, 5.41) is 0. The fraction of sp³-hybridized carbons (Fsp3) is 0.533. The first kappa shape index (κ1) is 31.5. The van der Waals surface area contributed by atoms with E-state index in [1.807, 2.05) is 0 Å².